The molecule has 0 amide bonds. The quantitative estimate of drug-likeness (QED) is 0.169. The van der Waals surface area contributed by atoms with Crippen LogP contribution in [-0.4, -0.2) is 29.3 Å². The number of benzene rings is 8. The zero-order chi connectivity index (χ0) is 46.6. The van der Waals surface area contributed by atoms with Gasteiger partial charge in [-0.3, -0.25) is 0 Å². The van der Waals surface area contributed by atoms with Crippen LogP contribution in [0, 0.1) is 0 Å². The summed E-state index contributed by atoms with van der Waals surface area (Å²) in [4.78, 5) is 24.5. The summed E-state index contributed by atoms with van der Waals surface area (Å²) in [6, 6.07) is 71.4. The van der Waals surface area contributed by atoms with E-state index in [-0.39, 0.29) is 0 Å². The Balaban J connectivity index is 1.03. The molecule has 71 heavy (non-hydrogen) atoms. The van der Waals surface area contributed by atoms with E-state index in [2.05, 4.69) is 245 Å². The summed E-state index contributed by atoms with van der Waals surface area (Å²) in [6.07, 6.45) is 10.8. The van der Waals surface area contributed by atoms with E-state index in [4.69, 9.17) is 15.0 Å². The van der Waals surface area contributed by atoms with Crippen molar-refractivity contribution in [2.75, 3.05) is 0 Å². The number of aromatic nitrogens is 6. The molecule has 6 heteroatoms. The Morgan fingerprint density at radius 3 is 1.35 bits per heavy atom. The normalized spacial score (nSPS) is 12.4. The number of fused-ring (bicyclic) bond motifs is 11. The van der Waals surface area contributed by atoms with E-state index < -0.39 is 0 Å². The zero-order valence-corrected chi connectivity index (χ0v) is 38.2. The first kappa shape index (κ1) is 39.4. The minimum absolute atomic E-state index is 0.848. The molecule has 5 aromatic heterocycles. The minimum atomic E-state index is 0.848. The van der Waals surface area contributed by atoms with Gasteiger partial charge in [-0.15, -0.1) is 0 Å². The highest BCUT2D eigenvalue weighted by Crippen LogP contribution is 2.43. The van der Waals surface area contributed by atoms with Crippen LogP contribution in [0.3, 0.4) is 0 Å². The average Bonchev–Trinajstić information content (AvgIpc) is 4.30. The second kappa shape index (κ2) is 15.4. The fourth-order valence-corrected chi connectivity index (χ4v) is 11.3. The molecule has 8 bridgehead atoms. The summed E-state index contributed by atoms with van der Waals surface area (Å²) in [5.74, 6) is 0. The van der Waals surface area contributed by atoms with Crippen molar-refractivity contribution >= 4 is 95.2 Å². The number of H-pyrrole nitrogens is 2. The minimum Gasteiger partial charge on any atom is -0.354 e. The Morgan fingerprint density at radius 2 is 0.817 bits per heavy atom. The fraction of sp³-hybridized carbons (Fsp3) is 0. The van der Waals surface area contributed by atoms with Gasteiger partial charge in [0.05, 0.1) is 45.0 Å². The molecule has 0 fully saturated rings. The van der Waals surface area contributed by atoms with Crippen LogP contribution in [0.1, 0.15) is 22.8 Å². The molecule has 6 nitrogen and oxygen atoms in total. The molecule has 13 aromatic rings. The van der Waals surface area contributed by atoms with Gasteiger partial charge in [0, 0.05) is 56.1 Å². The van der Waals surface area contributed by atoms with Crippen LogP contribution in [0.4, 0.5) is 0 Å². The molecule has 7 heterocycles. The highest BCUT2D eigenvalue weighted by atomic mass is 14.9. The van der Waals surface area contributed by atoms with Gasteiger partial charge in [0.15, 0.2) is 0 Å². The highest BCUT2D eigenvalue weighted by Gasteiger charge is 2.21. The molecule has 0 saturated heterocycles. The van der Waals surface area contributed by atoms with Crippen LogP contribution >= 0.6 is 0 Å². The Bertz CT molecular complexity index is 4500. The van der Waals surface area contributed by atoms with Crippen molar-refractivity contribution < 1.29 is 0 Å². The maximum atomic E-state index is 5.63. The lowest BCUT2D eigenvalue weighted by molar-refractivity contribution is 1.23. The third-order valence-corrected chi connectivity index (χ3v) is 14.5. The second-order valence-corrected chi connectivity index (χ2v) is 18.5. The first-order chi connectivity index (χ1) is 35.2. The molecule has 0 aliphatic carbocycles. The zero-order valence-electron chi connectivity index (χ0n) is 38.2. The molecule has 15 rings (SSSR count). The standard InChI is InChI=1S/C65H40N6/c1-4-12-39(13-5-1)61-48-28-30-50(66-48)62(40-14-6-2-7-15-40)52-32-34-54(68-52)64(55-35-33-53(69-55)63(41-16-8-3-9-17-41)51-31-29-49(61)67-51)45-25-36-57-56(38-45)70-65(58-20-11-37-71(57)58)47-27-24-44-22-21-42-18-10-19-43-23-26-46(47)60(44)59(42)43/h1-38,66,69H. The number of nitrogens with zero attached hydrogens (tertiary/aromatic N) is 4. The van der Waals surface area contributed by atoms with E-state index in [0.717, 1.165) is 117 Å². The molecule has 0 spiro atoms. The van der Waals surface area contributed by atoms with Gasteiger partial charge in [-0.1, -0.05) is 152 Å². The molecule has 0 saturated carbocycles. The molecule has 2 N–H and O–H groups in total. The van der Waals surface area contributed by atoms with Gasteiger partial charge in [0.2, 0.25) is 0 Å². The van der Waals surface area contributed by atoms with Crippen molar-refractivity contribution in [2.24, 2.45) is 0 Å². The Kier molecular flexibility index (Phi) is 8.56. The van der Waals surface area contributed by atoms with E-state index in [1.54, 1.807) is 0 Å². The maximum Gasteiger partial charge on any atom is 0.0956 e. The van der Waals surface area contributed by atoms with Gasteiger partial charge in [-0.25, -0.2) is 15.0 Å². The molecule has 2 aliphatic heterocycles. The lowest BCUT2D eigenvalue weighted by Crippen LogP contribution is -1.97. The highest BCUT2D eigenvalue weighted by molar-refractivity contribution is 6.25. The van der Waals surface area contributed by atoms with Crippen LogP contribution < -0.4 is 0 Å². The largest absolute Gasteiger partial charge is 0.354 e. The van der Waals surface area contributed by atoms with Gasteiger partial charge in [0.25, 0.3) is 0 Å². The van der Waals surface area contributed by atoms with Gasteiger partial charge < -0.3 is 14.4 Å². The first-order valence-corrected chi connectivity index (χ1v) is 24.1. The maximum absolute atomic E-state index is 5.63. The van der Waals surface area contributed by atoms with Crippen LogP contribution in [0.2, 0.25) is 0 Å². The average molecular weight is 905 g/mol. The van der Waals surface area contributed by atoms with Gasteiger partial charge in [-0.2, -0.15) is 0 Å². The Hall–Kier alpha value is -9.65. The Morgan fingerprint density at radius 1 is 0.338 bits per heavy atom. The number of hydrogen-bond acceptors (Lipinski definition) is 3. The van der Waals surface area contributed by atoms with Crippen LogP contribution in [0.25, 0.3) is 151 Å². The van der Waals surface area contributed by atoms with Gasteiger partial charge >= 0.3 is 0 Å². The topological polar surface area (TPSA) is 74.7 Å². The lowest BCUT2D eigenvalue weighted by atomic mass is 9.91. The predicted molar refractivity (Wildman–Crippen MR) is 296 cm³/mol. The third kappa shape index (κ3) is 6.18. The van der Waals surface area contributed by atoms with E-state index in [1.165, 1.54) is 32.3 Å². The molecule has 0 unspecified atom stereocenters. The molecular weight excluding hydrogens is 865 g/mol. The number of rotatable bonds is 5. The van der Waals surface area contributed by atoms with E-state index in [9.17, 15) is 0 Å². The van der Waals surface area contributed by atoms with Crippen molar-refractivity contribution in [3.63, 3.8) is 0 Å². The first-order valence-electron chi connectivity index (χ1n) is 24.1. The van der Waals surface area contributed by atoms with E-state index in [1.807, 2.05) is 0 Å². The monoisotopic (exact) mass is 904 g/mol. The molecule has 2 aliphatic rings. The summed E-state index contributed by atoms with van der Waals surface area (Å²) in [7, 11) is 0. The molecule has 330 valence electrons. The summed E-state index contributed by atoms with van der Waals surface area (Å²) >= 11 is 0. The summed E-state index contributed by atoms with van der Waals surface area (Å²) in [5, 5.41) is 7.49. The van der Waals surface area contributed by atoms with Crippen LogP contribution in [-0.2, 0) is 0 Å². The van der Waals surface area contributed by atoms with Crippen molar-refractivity contribution in [3.05, 3.63) is 229 Å². The van der Waals surface area contributed by atoms with Crippen molar-refractivity contribution in [1.82, 2.24) is 29.3 Å². The lowest BCUT2D eigenvalue weighted by Gasteiger charge is -2.15. The van der Waals surface area contributed by atoms with Crippen molar-refractivity contribution in [2.45, 2.75) is 0 Å². The molecule has 0 atom stereocenters. The second-order valence-electron chi connectivity index (χ2n) is 18.5. The smallest absolute Gasteiger partial charge is 0.0956 e. The third-order valence-electron chi connectivity index (χ3n) is 14.5. The summed E-state index contributed by atoms with van der Waals surface area (Å²) in [6.45, 7) is 0. The fourth-order valence-electron chi connectivity index (χ4n) is 11.3. The Labute approximate surface area is 407 Å². The van der Waals surface area contributed by atoms with E-state index in [0.29, 0.717) is 0 Å². The van der Waals surface area contributed by atoms with E-state index >= 15 is 0 Å². The van der Waals surface area contributed by atoms with Crippen LogP contribution in [0.5, 0.6) is 0 Å². The van der Waals surface area contributed by atoms with Crippen molar-refractivity contribution in [1.29, 1.82) is 0 Å². The van der Waals surface area contributed by atoms with Gasteiger partial charge in [0.1, 0.15) is 0 Å². The van der Waals surface area contributed by atoms with Crippen LogP contribution in [0.15, 0.2) is 206 Å². The SMILES string of the molecule is C1=Cc2nc1c(-c1ccccc1)c1ccc([nH]1)c(-c1ccccc1)c1nc(c(-c3ccc4c(c3)nc(-c3ccc5ccc6cccc7ccc3c5c67)c3cccn34)c3ccc([nH]3)c2-c2ccccc2)C=C1. The molecule has 8 aromatic carbocycles. The molecular formula is C65H40N6. The number of hydrogen-bond donors (Lipinski definition) is 2. The van der Waals surface area contributed by atoms with Crippen molar-refractivity contribution in [3.8, 4) is 55.8 Å². The predicted octanol–water partition coefficient (Wildman–Crippen LogP) is 16.7. The summed E-state index contributed by atoms with van der Waals surface area (Å²) in [5.41, 5.74) is 20.6. The number of aromatic amines is 2. The summed E-state index contributed by atoms with van der Waals surface area (Å²) < 4.78 is 2.28. The molecule has 0 radical (unpaired) electrons. The van der Waals surface area contributed by atoms with Gasteiger partial charge in [-0.05, 0) is 127 Å². The number of nitrogens with one attached hydrogen (secondary N) is 2.